The zero-order valence-electron chi connectivity index (χ0n) is 14.3. The first-order valence-electron chi connectivity index (χ1n) is 8.42. The highest BCUT2D eigenvalue weighted by molar-refractivity contribution is 7.80. The van der Waals surface area contributed by atoms with Gasteiger partial charge in [-0.2, -0.15) is 0 Å². The van der Waals surface area contributed by atoms with Gasteiger partial charge >= 0.3 is 0 Å². The molecule has 0 radical (unpaired) electrons. The van der Waals surface area contributed by atoms with Crippen LogP contribution in [-0.4, -0.2) is 65.8 Å². The fraction of sp³-hybridized carbons (Fsp3) is 0.529. The van der Waals surface area contributed by atoms with Gasteiger partial charge < -0.3 is 30.5 Å². The molecule has 1 heterocycles. The summed E-state index contributed by atoms with van der Waals surface area (Å²) in [6, 6.07) is 4.68. The van der Waals surface area contributed by atoms with Crippen molar-refractivity contribution in [2.75, 3.05) is 25.2 Å². The number of carbonyl (C=O) groups is 1. The van der Waals surface area contributed by atoms with Crippen molar-refractivity contribution in [3.63, 3.8) is 0 Å². The average Bonchev–Trinajstić information content (AvgIpc) is 2.96. The zero-order valence-corrected chi connectivity index (χ0v) is 15.1. The summed E-state index contributed by atoms with van der Waals surface area (Å²) < 4.78 is 18.2. The molecule has 1 aliphatic carbocycles. The molecule has 1 aromatic rings. The van der Waals surface area contributed by atoms with Crippen molar-refractivity contribution in [2.24, 2.45) is 5.92 Å². The summed E-state index contributed by atoms with van der Waals surface area (Å²) in [7, 11) is 1.54. The number of hydrogen-bond acceptors (Lipinski definition) is 5. The number of nitrogens with zero attached hydrogens (tertiary/aromatic N) is 1. The summed E-state index contributed by atoms with van der Waals surface area (Å²) in [5.74, 6) is -1.23. The Balaban J connectivity index is 1.90. The number of aliphatic hydroxyl groups is 2. The third kappa shape index (κ3) is 3.52. The van der Waals surface area contributed by atoms with Gasteiger partial charge in [0.05, 0.1) is 30.7 Å². The van der Waals surface area contributed by atoms with Crippen molar-refractivity contribution in [1.29, 1.82) is 0 Å². The predicted molar refractivity (Wildman–Crippen MR) is 97.2 cm³/mol. The number of methoxy groups -OCH3 is 1. The van der Waals surface area contributed by atoms with E-state index in [9.17, 15) is 19.4 Å². The summed E-state index contributed by atoms with van der Waals surface area (Å²) in [5.41, 5.74) is 0.620. The van der Waals surface area contributed by atoms with Gasteiger partial charge in [-0.15, -0.1) is 0 Å². The van der Waals surface area contributed by atoms with Crippen LogP contribution in [0.4, 0.5) is 10.1 Å². The number of rotatable bonds is 5. The van der Waals surface area contributed by atoms with Crippen LogP contribution in [0.5, 0.6) is 0 Å². The SMILES string of the molecule is COCCNC(=O)[C@H]1C[C@@H](O)[C@H](O)[C@H]2NC(=S)N(c3ccc(F)cc3)[C@@H]21. The van der Waals surface area contributed by atoms with Crippen LogP contribution in [-0.2, 0) is 9.53 Å². The Bertz CT molecular complexity index is 674. The largest absolute Gasteiger partial charge is 0.390 e. The lowest BCUT2D eigenvalue weighted by atomic mass is 9.77. The number of anilines is 1. The molecule has 5 atom stereocenters. The Morgan fingerprint density at radius 2 is 2.12 bits per heavy atom. The molecule has 26 heavy (non-hydrogen) atoms. The van der Waals surface area contributed by atoms with Crippen LogP contribution in [0.2, 0.25) is 0 Å². The van der Waals surface area contributed by atoms with Gasteiger partial charge in [-0.3, -0.25) is 4.79 Å². The number of ether oxygens (including phenoxy) is 1. The Kier molecular flexibility index (Phi) is 5.71. The first-order chi connectivity index (χ1) is 12.4. The summed E-state index contributed by atoms with van der Waals surface area (Å²) in [4.78, 5) is 14.4. The summed E-state index contributed by atoms with van der Waals surface area (Å²) in [5, 5.41) is 26.7. The molecule has 2 fully saturated rings. The van der Waals surface area contributed by atoms with E-state index in [-0.39, 0.29) is 18.1 Å². The Labute approximate surface area is 156 Å². The smallest absolute Gasteiger partial charge is 0.225 e. The molecule has 1 saturated heterocycles. The molecular weight excluding hydrogens is 361 g/mol. The minimum atomic E-state index is -1.06. The van der Waals surface area contributed by atoms with E-state index in [0.717, 1.165) is 0 Å². The first kappa shape index (κ1) is 19.0. The van der Waals surface area contributed by atoms with Gasteiger partial charge in [0.15, 0.2) is 5.11 Å². The van der Waals surface area contributed by atoms with Crippen LogP contribution in [0.15, 0.2) is 24.3 Å². The minimum Gasteiger partial charge on any atom is -0.390 e. The number of hydrogen-bond donors (Lipinski definition) is 4. The molecule has 1 amide bonds. The lowest BCUT2D eigenvalue weighted by molar-refractivity contribution is -0.131. The first-order valence-corrected chi connectivity index (χ1v) is 8.83. The van der Waals surface area contributed by atoms with Crippen LogP contribution in [0.25, 0.3) is 0 Å². The molecule has 1 aromatic carbocycles. The molecular formula is C17H22FN3O4S. The van der Waals surface area contributed by atoms with Crippen LogP contribution >= 0.6 is 12.2 Å². The van der Waals surface area contributed by atoms with Crippen molar-refractivity contribution in [3.8, 4) is 0 Å². The highest BCUT2D eigenvalue weighted by Crippen LogP contribution is 2.36. The van der Waals surface area contributed by atoms with E-state index in [2.05, 4.69) is 10.6 Å². The molecule has 1 aliphatic heterocycles. The van der Waals surface area contributed by atoms with Crippen molar-refractivity contribution < 1.29 is 24.1 Å². The molecule has 2 aliphatic rings. The number of benzene rings is 1. The molecule has 0 spiro atoms. The van der Waals surface area contributed by atoms with Gasteiger partial charge in [0.1, 0.15) is 11.9 Å². The maximum atomic E-state index is 13.3. The molecule has 1 saturated carbocycles. The maximum absolute atomic E-state index is 13.3. The number of nitrogens with one attached hydrogen (secondary N) is 2. The third-order valence-electron chi connectivity index (χ3n) is 4.89. The van der Waals surface area contributed by atoms with Crippen LogP contribution in [0.1, 0.15) is 6.42 Å². The highest BCUT2D eigenvalue weighted by atomic mass is 32.1. The van der Waals surface area contributed by atoms with Crippen LogP contribution in [0.3, 0.4) is 0 Å². The Morgan fingerprint density at radius 1 is 1.42 bits per heavy atom. The second kappa shape index (κ2) is 7.83. The molecule has 0 unspecified atom stereocenters. The quantitative estimate of drug-likeness (QED) is 0.412. The average molecular weight is 383 g/mol. The predicted octanol–water partition coefficient (Wildman–Crippen LogP) is -0.238. The van der Waals surface area contributed by atoms with E-state index in [4.69, 9.17) is 17.0 Å². The molecule has 7 nitrogen and oxygen atoms in total. The van der Waals surface area contributed by atoms with Gasteiger partial charge in [0.25, 0.3) is 0 Å². The van der Waals surface area contributed by atoms with Crippen molar-refractivity contribution in [2.45, 2.75) is 30.7 Å². The van der Waals surface area contributed by atoms with E-state index in [0.29, 0.717) is 24.0 Å². The van der Waals surface area contributed by atoms with E-state index in [1.807, 2.05) is 0 Å². The van der Waals surface area contributed by atoms with Gasteiger partial charge in [-0.25, -0.2) is 4.39 Å². The van der Waals surface area contributed by atoms with E-state index in [1.165, 1.54) is 12.1 Å². The van der Waals surface area contributed by atoms with Crippen LogP contribution < -0.4 is 15.5 Å². The lowest BCUT2D eigenvalue weighted by Crippen LogP contribution is -2.61. The van der Waals surface area contributed by atoms with Crippen molar-refractivity contribution in [1.82, 2.24) is 10.6 Å². The van der Waals surface area contributed by atoms with Crippen molar-refractivity contribution >= 4 is 28.9 Å². The lowest BCUT2D eigenvalue weighted by Gasteiger charge is -2.41. The minimum absolute atomic E-state index is 0.100. The molecule has 9 heteroatoms. The monoisotopic (exact) mass is 383 g/mol. The number of thiocarbonyl (C=S) groups is 1. The highest BCUT2D eigenvalue weighted by Gasteiger charge is 2.53. The fourth-order valence-electron chi connectivity index (χ4n) is 3.65. The number of fused-ring (bicyclic) bond motifs is 1. The number of halogens is 1. The van der Waals surface area contributed by atoms with Crippen LogP contribution in [0, 0.1) is 11.7 Å². The molecule has 3 rings (SSSR count). The van der Waals surface area contributed by atoms with Gasteiger partial charge in [0.2, 0.25) is 5.91 Å². The number of aliphatic hydroxyl groups excluding tert-OH is 2. The summed E-state index contributed by atoms with van der Waals surface area (Å²) in [6.07, 6.45) is -2.01. The number of amides is 1. The standard InChI is InChI=1S/C17H22FN3O4S/c1-25-7-6-19-16(24)11-8-12(22)15(23)13-14(11)21(17(26)20-13)10-4-2-9(18)3-5-10/h2-5,11-15,22-23H,6-8H2,1H3,(H,19,24)(H,20,26)/t11-,12+,13-,14+,15-/m0/s1. The number of carbonyl (C=O) groups excluding carboxylic acids is 1. The zero-order chi connectivity index (χ0) is 18.8. The Hall–Kier alpha value is -1.81. The topological polar surface area (TPSA) is 94.1 Å². The van der Waals surface area contributed by atoms with E-state index >= 15 is 0 Å². The van der Waals surface area contributed by atoms with E-state index < -0.39 is 30.2 Å². The van der Waals surface area contributed by atoms with E-state index in [1.54, 1.807) is 24.1 Å². The van der Waals surface area contributed by atoms with Gasteiger partial charge in [0, 0.05) is 19.3 Å². The maximum Gasteiger partial charge on any atom is 0.225 e. The Morgan fingerprint density at radius 3 is 2.77 bits per heavy atom. The second-order valence-corrected chi connectivity index (χ2v) is 6.88. The normalized spacial score (nSPS) is 30.7. The third-order valence-corrected chi connectivity index (χ3v) is 5.21. The van der Waals surface area contributed by atoms with Gasteiger partial charge in [-0.1, -0.05) is 0 Å². The summed E-state index contributed by atoms with van der Waals surface area (Å²) >= 11 is 5.38. The second-order valence-electron chi connectivity index (χ2n) is 6.50. The van der Waals surface area contributed by atoms with Crippen molar-refractivity contribution in [3.05, 3.63) is 30.1 Å². The molecule has 142 valence electrons. The van der Waals surface area contributed by atoms with Gasteiger partial charge in [-0.05, 0) is 42.9 Å². The molecule has 0 bridgehead atoms. The molecule has 4 N–H and O–H groups in total. The molecule has 0 aromatic heterocycles. The summed E-state index contributed by atoms with van der Waals surface area (Å²) in [6.45, 7) is 0.715. The fourth-order valence-corrected chi connectivity index (χ4v) is 4.01.